The molecule has 0 aliphatic carbocycles. The summed E-state index contributed by atoms with van der Waals surface area (Å²) >= 11 is 0. The van der Waals surface area contributed by atoms with Crippen LogP contribution in [0.1, 0.15) is 38.2 Å². The van der Waals surface area contributed by atoms with Gasteiger partial charge in [0.15, 0.2) is 11.2 Å². The number of hydrogen-bond donors (Lipinski definition) is 0. The highest BCUT2D eigenvalue weighted by Crippen LogP contribution is 2.59. The van der Waals surface area contributed by atoms with Crippen LogP contribution in [0.25, 0.3) is 0 Å². The highest BCUT2D eigenvalue weighted by atomic mass is 31.2. The van der Waals surface area contributed by atoms with Crippen molar-refractivity contribution in [3.05, 3.63) is 30.1 Å². The molecule has 1 aromatic rings. The van der Waals surface area contributed by atoms with Crippen molar-refractivity contribution < 1.29 is 32.0 Å². The third kappa shape index (κ3) is 5.40. The van der Waals surface area contributed by atoms with Gasteiger partial charge in [-0.15, -0.1) is 0 Å². The SMILES string of the molecule is CCOP(=O)(OCC)C1=NN(P(=O)(OCC)OCC)CC1C(=O)c1ccccn1. The standard InChI is InChI=1S/C17H27N3O7P2/c1-5-24-28(22,25-6-2)17-14(16(21)15-11-9-10-12-18-15)13-20(19-17)29(23,26-7-3)27-8-4/h9-12,14H,5-8,13H2,1-4H3. The van der Waals surface area contributed by atoms with Gasteiger partial charge in [0.05, 0.1) is 38.9 Å². The average molecular weight is 447 g/mol. The van der Waals surface area contributed by atoms with Crippen molar-refractivity contribution >= 4 is 26.6 Å². The molecule has 0 fully saturated rings. The van der Waals surface area contributed by atoms with Crippen molar-refractivity contribution in [2.45, 2.75) is 27.7 Å². The Morgan fingerprint density at radius 1 is 1.03 bits per heavy atom. The van der Waals surface area contributed by atoms with Gasteiger partial charge < -0.3 is 9.05 Å². The lowest BCUT2D eigenvalue weighted by molar-refractivity contribution is 0.0940. The van der Waals surface area contributed by atoms with Crippen LogP contribution >= 0.6 is 15.3 Å². The third-order valence-corrected chi connectivity index (χ3v) is 8.00. The lowest BCUT2D eigenvalue weighted by atomic mass is 10.0. The zero-order valence-corrected chi connectivity index (χ0v) is 18.8. The number of hydrogen-bond acceptors (Lipinski definition) is 9. The molecule has 1 aliphatic rings. The lowest BCUT2D eigenvalue weighted by Crippen LogP contribution is -2.28. The quantitative estimate of drug-likeness (QED) is 0.347. The maximum absolute atomic E-state index is 13.4. The number of pyridine rings is 1. The van der Waals surface area contributed by atoms with Gasteiger partial charge in [-0.1, -0.05) is 6.07 Å². The Labute approximate surface area is 170 Å². The molecule has 0 aromatic carbocycles. The van der Waals surface area contributed by atoms with E-state index in [1.807, 2.05) is 0 Å². The van der Waals surface area contributed by atoms with Crippen molar-refractivity contribution in [1.82, 2.24) is 9.76 Å². The van der Waals surface area contributed by atoms with Gasteiger partial charge in [0.25, 0.3) is 0 Å². The Morgan fingerprint density at radius 3 is 2.10 bits per heavy atom. The predicted octanol–water partition coefficient (Wildman–Crippen LogP) is 3.96. The molecule has 0 saturated carbocycles. The van der Waals surface area contributed by atoms with E-state index < -0.39 is 27.0 Å². The average Bonchev–Trinajstić information content (AvgIpc) is 3.16. The number of nitrogens with zero attached hydrogens (tertiary/aromatic N) is 3. The molecule has 1 atom stereocenters. The molecule has 0 amide bonds. The summed E-state index contributed by atoms with van der Waals surface area (Å²) in [5.74, 6) is -1.48. The first-order valence-electron chi connectivity index (χ1n) is 9.45. The van der Waals surface area contributed by atoms with Gasteiger partial charge in [-0.25, -0.2) is 4.57 Å². The van der Waals surface area contributed by atoms with Crippen LogP contribution in [0.5, 0.6) is 0 Å². The van der Waals surface area contributed by atoms with Gasteiger partial charge in [-0.2, -0.15) is 9.88 Å². The van der Waals surface area contributed by atoms with Crippen molar-refractivity contribution in [3.8, 4) is 0 Å². The molecule has 12 heteroatoms. The molecule has 2 rings (SSSR count). The Balaban J connectivity index is 2.51. The van der Waals surface area contributed by atoms with Crippen LogP contribution in [-0.4, -0.2) is 54.0 Å². The molecule has 0 radical (unpaired) electrons. The van der Waals surface area contributed by atoms with Crippen LogP contribution in [0.4, 0.5) is 0 Å². The molecule has 0 saturated heterocycles. The Morgan fingerprint density at radius 2 is 1.62 bits per heavy atom. The molecule has 0 N–H and O–H groups in total. The molecular formula is C17H27N3O7P2. The fourth-order valence-corrected chi connectivity index (χ4v) is 6.22. The summed E-state index contributed by atoms with van der Waals surface area (Å²) in [6.45, 7) is 6.83. The molecule has 0 spiro atoms. The molecule has 1 unspecified atom stereocenters. The third-order valence-electron chi connectivity index (χ3n) is 3.86. The summed E-state index contributed by atoms with van der Waals surface area (Å²) < 4.78 is 49.0. The molecule has 1 aliphatic heterocycles. The van der Waals surface area contributed by atoms with Gasteiger partial charge in [-0.3, -0.25) is 23.4 Å². The van der Waals surface area contributed by atoms with E-state index in [9.17, 15) is 13.9 Å². The number of Topliss-reactive ketones (excluding diaryl/α,β-unsaturated/α-hetero) is 1. The minimum atomic E-state index is -3.91. The Hall–Kier alpha value is -1.41. The van der Waals surface area contributed by atoms with Crippen LogP contribution in [-0.2, 0) is 27.2 Å². The monoisotopic (exact) mass is 447 g/mol. The van der Waals surface area contributed by atoms with E-state index in [1.54, 1.807) is 45.9 Å². The highest BCUT2D eigenvalue weighted by Gasteiger charge is 2.50. The smallest absolute Gasteiger partial charge is 0.305 e. The van der Waals surface area contributed by atoms with E-state index in [2.05, 4.69) is 10.1 Å². The van der Waals surface area contributed by atoms with Crippen molar-refractivity contribution in [2.75, 3.05) is 33.0 Å². The second-order valence-electron chi connectivity index (χ2n) is 5.78. The van der Waals surface area contributed by atoms with Crippen molar-refractivity contribution in [1.29, 1.82) is 0 Å². The van der Waals surface area contributed by atoms with Crippen LogP contribution in [0.2, 0.25) is 0 Å². The van der Waals surface area contributed by atoms with E-state index in [4.69, 9.17) is 18.1 Å². The van der Waals surface area contributed by atoms with Gasteiger partial charge in [0.1, 0.15) is 5.69 Å². The minimum Gasteiger partial charge on any atom is -0.305 e. The maximum Gasteiger partial charge on any atom is 0.450 e. The Kier molecular flexibility index (Phi) is 8.70. The first-order valence-corrected chi connectivity index (χ1v) is 12.5. The van der Waals surface area contributed by atoms with Crippen LogP contribution in [0.15, 0.2) is 29.5 Å². The van der Waals surface area contributed by atoms with Crippen molar-refractivity contribution in [3.63, 3.8) is 0 Å². The van der Waals surface area contributed by atoms with E-state index >= 15 is 0 Å². The number of carbonyl (C=O) groups is 1. The first-order chi connectivity index (χ1) is 13.8. The van der Waals surface area contributed by atoms with Crippen LogP contribution < -0.4 is 0 Å². The van der Waals surface area contributed by atoms with Gasteiger partial charge in [0, 0.05) is 6.20 Å². The number of rotatable bonds is 12. The first kappa shape index (κ1) is 23.9. The second kappa shape index (κ2) is 10.6. The molecule has 1 aromatic heterocycles. The summed E-state index contributed by atoms with van der Waals surface area (Å²) in [7, 11) is -7.75. The van der Waals surface area contributed by atoms with E-state index in [0.29, 0.717) is 0 Å². The van der Waals surface area contributed by atoms with Gasteiger partial charge in [-0.05, 0) is 39.8 Å². The van der Waals surface area contributed by atoms with Crippen molar-refractivity contribution in [2.24, 2.45) is 11.0 Å². The van der Waals surface area contributed by atoms with E-state index in [1.165, 1.54) is 6.20 Å². The van der Waals surface area contributed by atoms with Crippen LogP contribution in [0.3, 0.4) is 0 Å². The fourth-order valence-electron chi connectivity index (χ4n) is 2.77. The highest BCUT2D eigenvalue weighted by molar-refractivity contribution is 7.72. The largest absolute Gasteiger partial charge is 0.450 e. The normalized spacial score (nSPS) is 17.4. The zero-order valence-electron chi connectivity index (χ0n) is 17.0. The molecule has 0 bridgehead atoms. The molecule has 29 heavy (non-hydrogen) atoms. The predicted molar refractivity (Wildman–Crippen MR) is 108 cm³/mol. The van der Waals surface area contributed by atoms with Gasteiger partial charge >= 0.3 is 15.3 Å². The van der Waals surface area contributed by atoms with E-state index in [0.717, 1.165) is 4.78 Å². The summed E-state index contributed by atoms with van der Waals surface area (Å²) in [6.07, 6.45) is 1.48. The Bertz CT molecular complexity index is 799. The molecule has 2 heterocycles. The fraction of sp³-hybridized carbons (Fsp3) is 0.588. The van der Waals surface area contributed by atoms with Crippen LogP contribution in [0, 0.1) is 5.92 Å². The molecular weight excluding hydrogens is 420 g/mol. The molecule has 10 nitrogen and oxygen atoms in total. The summed E-state index contributed by atoms with van der Waals surface area (Å²) in [5, 5.41) is 4.21. The summed E-state index contributed by atoms with van der Waals surface area (Å²) in [4.78, 5) is 17.2. The minimum absolute atomic E-state index is 0.0787. The number of carbonyl (C=O) groups excluding carboxylic acids is 1. The number of aromatic nitrogens is 1. The summed E-state index contributed by atoms with van der Waals surface area (Å²) in [5.41, 5.74) is 0.0331. The molecule has 162 valence electrons. The number of ketones is 1. The lowest BCUT2D eigenvalue weighted by Gasteiger charge is -2.24. The zero-order chi connectivity index (χ0) is 21.5. The second-order valence-corrected chi connectivity index (χ2v) is 9.67. The summed E-state index contributed by atoms with van der Waals surface area (Å²) in [6, 6.07) is 4.88. The maximum atomic E-state index is 13.4. The van der Waals surface area contributed by atoms with Gasteiger partial charge in [0.2, 0.25) is 0 Å². The van der Waals surface area contributed by atoms with E-state index in [-0.39, 0.29) is 44.1 Å². The topological polar surface area (TPSA) is 117 Å². The number of hydrazone groups is 1.